The van der Waals surface area contributed by atoms with Gasteiger partial charge in [-0.2, -0.15) is 0 Å². The third-order valence-corrected chi connectivity index (χ3v) is 2.69. The number of rotatable bonds is 6. The number of carbonyl (C=O) groups is 2. The minimum atomic E-state index is -1.02. The Labute approximate surface area is 111 Å². The van der Waals surface area contributed by atoms with Crippen molar-refractivity contribution in [3.05, 3.63) is 30.1 Å². The predicted octanol–water partition coefficient (Wildman–Crippen LogP) is 1.24. The first kappa shape index (κ1) is 15.1. The van der Waals surface area contributed by atoms with Gasteiger partial charge in [-0.25, -0.2) is 4.39 Å². The van der Waals surface area contributed by atoms with Crippen molar-refractivity contribution in [2.24, 2.45) is 0 Å². The summed E-state index contributed by atoms with van der Waals surface area (Å²) in [7, 11) is 0. The minimum absolute atomic E-state index is 0.0846. The molecule has 0 heterocycles. The Kier molecular flexibility index (Phi) is 5.44. The fourth-order valence-electron chi connectivity index (χ4n) is 1.55. The molecule has 1 aromatic rings. The van der Waals surface area contributed by atoms with Gasteiger partial charge in [0.2, 0.25) is 5.91 Å². The highest BCUT2D eigenvalue weighted by Gasteiger charge is 2.16. The van der Waals surface area contributed by atoms with Crippen LogP contribution in [0, 0.1) is 5.82 Å². The number of likely N-dealkylation sites (N-methyl/N-ethyl adjacent to an activating group) is 1. The van der Waals surface area contributed by atoms with Crippen LogP contribution < -0.4 is 10.2 Å². The molecule has 104 valence electrons. The quantitative estimate of drug-likeness (QED) is 0.814. The number of halogens is 1. The van der Waals surface area contributed by atoms with Crippen molar-refractivity contribution < 1.29 is 19.1 Å². The lowest BCUT2D eigenvalue weighted by Gasteiger charge is -2.22. The Morgan fingerprint density at radius 2 is 1.95 bits per heavy atom. The van der Waals surface area contributed by atoms with Crippen LogP contribution in [0.25, 0.3) is 0 Å². The van der Waals surface area contributed by atoms with Gasteiger partial charge in [-0.15, -0.1) is 0 Å². The second-order valence-corrected chi connectivity index (χ2v) is 4.06. The van der Waals surface area contributed by atoms with Gasteiger partial charge in [-0.3, -0.25) is 14.9 Å². The first-order chi connectivity index (χ1) is 8.95. The van der Waals surface area contributed by atoms with E-state index in [0.717, 1.165) is 0 Å². The van der Waals surface area contributed by atoms with Crippen molar-refractivity contribution in [3.8, 4) is 0 Å². The lowest BCUT2D eigenvalue weighted by atomic mass is 10.2. The Morgan fingerprint density at radius 3 is 2.42 bits per heavy atom. The fourth-order valence-corrected chi connectivity index (χ4v) is 1.55. The number of nitrogens with one attached hydrogen (secondary N) is 1. The summed E-state index contributed by atoms with van der Waals surface area (Å²) in [6.07, 6.45) is 0. The Morgan fingerprint density at radius 1 is 1.37 bits per heavy atom. The minimum Gasteiger partial charge on any atom is -0.480 e. The molecule has 0 saturated carbocycles. The summed E-state index contributed by atoms with van der Waals surface area (Å²) in [6, 6.07) is 4.78. The van der Waals surface area contributed by atoms with Gasteiger partial charge in [0.05, 0.1) is 6.54 Å². The summed E-state index contributed by atoms with van der Waals surface area (Å²) in [5.74, 6) is -1.65. The van der Waals surface area contributed by atoms with Crippen LogP contribution in [-0.2, 0) is 9.59 Å². The number of carboxylic acid groups (broad SMARTS) is 1. The molecule has 0 fully saturated rings. The number of nitrogens with zero attached hydrogens (tertiary/aromatic N) is 1. The molecule has 2 N–H and O–H groups in total. The summed E-state index contributed by atoms with van der Waals surface area (Å²) >= 11 is 0. The number of amides is 1. The molecule has 0 unspecified atom stereocenters. The third kappa shape index (κ3) is 4.33. The van der Waals surface area contributed by atoms with E-state index in [4.69, 9.17) is 5.11 Å². The molecule has 5 nitrogen and oxygen atoms in total. The van der Waals surface area contributed by atoms with Gasteiger partial charge in [0.25, 0.3) is 0 Å². The van der Waals surface area contributed by atoms with Crippen LogP contribution in [-0.4, -0.2) is 36.1 Å². The predicted molar refractivity (Wildman–Crippen MR) is 69.5 cm³/mol. The van der Waals surface area contributed by atoms with E-state index in [0.29, 0.717) is 12.2 Å². The lowest BCUT2D eigenvalue weighted by Crippen LogP contribution is -2.43. The molecule has 0 saturated heterocycles. The average Bonchev–Trinajstić information content (AvgIpc) is 2.38. The maximum atomic E-state index is 12.8. The second kappa shape index (κ2) is 6.84. The summed E-state index contributed by atoms with van der Waals surface area (Å²) in [5, 5.41) is 11.3. The van der Waals surface area contributed by atoms with E-state index in [-0.39, 0.29) is 18.3 Å². The Hall–Kier alpha value is -1.95. The van der Waals surface area contributed by atoms with Gasteiger partial charge in [0.15, 0.2) is 0 Å². The summed E-state index contributed by atoms with van der Waals surface area (Å²) in [6.45, 7) is 3.60. The molecule has 6 heteroatoms. The van der Waals surface area contributed by atoms with Crippen molar-refractivity contribution >= 4 is 17.6 Å². The fraction of sp³-hybridized carbons (Fsp3) is 0.385. The Balaban J connectivity index is 2.67. The lowest BCUT2D eigenvalue weighted by molar-refractivity contribution is -0.139. The van der Waals surface area contributed by atoms with Crippen LogP contribution in [0.2, 0.25) is 0 Å². The maximum absolute atomic E-state index is 12.8. The summed E-state index contributed by atoms with van der Waals surface area (Å²) in [5.41, 5.74) is 0.582. The highest BCUT2D eigenvalue weighted by atomic mass is 19.1. The molecule has 0 aromatic heterocycles. The second-order valence-electron chi connectivity index (χ2n) is 4.06. The molecule has 1 atom stereocenters. The highest BCUT2D eigenvalue weighted by Crippen LogP contribution is 2.14. The summed E-state index contributed by atoms with van der Waals surface area (Å²) < 4.78 is 12.8. The van der Waals surface area contributed by atoms with E-state index in [2.05, 4.69) is 5.32 Å². The standard InChI is InChI=1S/C13H17FN2O3/c1-3-16(11-6-4-10(14)5-7-11)12(17)8-15-9(2)13(18)19/h4-7,9,15H,3,8H2,1-2H3,(H,18,19)/t9-/m1/s1. The maximum Gasteiger partial charge on any atom is 0.320 e. The van der Waals surface area contributed by atoms with Crippen molar-refractivity contribution in [1.82, 2.24) is 5.32 Å². The third-order valence-electron chi connectivity index (χ3n) is 2.69. The van der Waals surface area contributed by atoms with E-state index in [1.165, 1.54) is 36.1 Å². The topological polar surface area (TPSA) is 69.6 Å². The van der Waals surface area contributed by atoms with Crippen molar-refractivity contribution in [2.45, 2.75) is 19.9 Å². The van der Waals surface area contributed by atoms with Gasteiger partial charge >= 0.3 is 5.97 Å². The van der Waals surface area contributed by atoms with Crippen LogP contribution in [0.5, 0.6) is 0 Å². The molecule has 0 bridgehead atoms. The molecular weight excluding hydrogens is 251 g/mol. The first-order valence-corrected chi connectivity index (χ1v) is 5.97. The van der Waals surface area contributed by atoms with Gasteiger partial charge < -0.3 is 10.0 Å². The van der Waals surface area contributed by atoms with E-state index in [9.17, 15) is 14.0 Å². The van der Waals surface area contributed by atoms with Gasteiger partial charge in [-0.1, -0.05) is 0 Å². The summed E-state index contributed by atoms with van der Waals surface area (Å²) in [4.78, 5) is 24.1. The van der Waals surface area contributed by atoms with E-state index >= 15 is 0 Å². The number of benzene rings is 1. The molecule has 0 radical (unpaired) electrons. The zero-order valence-corrected chi connectivity index (χ0v) is 10.9. The molecule has 19 heavy (non-hydrogen) atoms. The van der Waals surface area contributed by atoms with Gasteiger partial charge in [0, 0.05) is 12.2 Å². The number of carboxylic acids is 1. The molecule has 1 rings (SSSR count). The molecule has 0 aliphatic heterocycles. The smallest absolute Gasteiger partial charge is 0.320 e. The largest absolute Gasteiger partial charge is 0.480 e. The Bertz CT molecular complexity index is 448. The normalized spacial score (nSPS) is 11.9. The first-order valence-electron chi connectivity index (χ1n) is 5.97. The SMILES string of the molecule is CCN(C(=O)CN[C@H](C)C(=O)O)c1ccc(F)cc1. The van der Waals surface area contributed by atoms with Crippen molar-refractivity contribution in [1.29, 1.82) is 0 Å². The molecule has 0 aliphatic carbocycles. The van der Waals surface area contributed by atoms with Crippen LogP contribution >= 0.6 is 0 Å². The zero-order valence-electron chi connectivity index (χ0n) is 10.9. The molecule has 0 spiro atoms. The number of aliphatic carboxylic acids is 1. The molecule has 1 amide bonds. The molecular formula is C13H17FN2O3. The number of hydrogen-bond acceptors (Lipinski definition) is 3. The van der Waals surface area contributed by atoms with Crippen molar-refractivity contribution in [3.63, 3.8) is 0 Å². The van der Waals surface area contributed by atoms with E-state index in [1.54, 1.807) is 6.92 Å². The van der Waals surface area contributed by atoms with Crippen LogP contribution in [0.4, 0.5) is 10.1 Å². The van der Waals surface area contributed by atoms with Crippen molar-refractivity contribution in [2.75, 3.05) is 18.0 Å². The van der Waals surface area contributed by atoms with Crippen LogP contribution in [0.3, 0.4) is 0 Å². The number of carbonyl (C=O) groups excluding carboxylic acids is 1. The van der Waals surface area contributed by atoms with E-state index < -0.39 is 12.0 Å². The average molecular weight is 268 g/mol. The number of hydrogen-bond donors (Lipinski definition) is 2. The highest BCUT2D eigenvalue weighted by molar-refractivity contribution is 5.95. The van der Waals surface area contributed by atoms with Gasteiger partial charge in [-0.05, 0) is 38.1 Å². The molecule has 0 aliphatic rings. The monoisotopic (exact) mass is 268 g/mol. The van der Waals surface area contributed by atoms with Gasteiger partial charge in [0.1, 0.15) is 11.9 Å². The van der Waals surface area contributed by atoms with Crippen LogP contribution in [0.15, 0.2) is 24.3 Å². The zero-order chi connectivity index (χ0) is 14.4. The number of anilines is 1. The van der Waals surface area contributed by atoms with E-state index in [1.807, 2.05) is 0 Å². The molecule has 1 aromatic carbocycles. The van der Waals surface area contributed by atoms with Crippen LogP contribution in [0.1, 0.15) is 13.8 Å².